The van der Waals surface area contributed by atoms with Gasteiger partial charge in [0.1, 0.15) is 11.6 Å². The second kappa shape index (κ2) is 12.3. The molecular weight excluding hydrogens is 731 g/mol. The third-order valence-electron chi connectivity index (χ3n) is 17.1. The van der Waals surface area contributed by atoms with Gasteiger partial charge in [-0.1, -0.05) is 72.8 Å². The molecule has 9 aliphatic carbocycles. The van der Waals surface area contributed by atoms with Crippen molar-refractivity contribution in [3.8, 4) is 34.3 Å². The van der Waals surface area contributed by atoms with Gasteiger partial charge in [0, 0.05) is 33.1 Å². The van der Waals surface area contributed by atoms with Crippen LogP contribution in [0.25, 0.3) is 50.0 Å². The van der Waals surface area contributed by atoms with E-state index < -0.39 is 0 Å². The molecule has 294 valence electrons. The highest BCUT2D eigenvalue weighted by molar-refractivity contribution is 6.10. The van der Waals surface area contributed by atoms with E-state index in [-0.39, 0.29) is 16.7 Å². The van der Waals surface area contributed by atoms with Crippen LogP contribution in [0.3, 0.4) is 0 Å². The molecule has 5 aromatic carbocycles. The molecule has 0 radical (unpaired) electrons. The van der Waals surface area contributed by atoms with E-state index in [4.69, 9.17) is 15.0 Å². The average Bonchev–Trinajstić information content (AvgIpc) is 3.78. The van der Waals surface area contributed by atoms with E-state index >= 15 is 0 Å². The second-order valence-corrected chi connectivity index (χ2v) is 20.8. The van der Waals surface area contributed by atoms with E-state index in [1.807, 2.05) is 6.07 Å². The minimum absolute atomic E-state index is 0.0389. The van der Waals surface area contributed by atoms with Crippen molar-refractivity contribution < 1.29 is 0 Å². The molecule has 9 aliphatic rings. The SMILES string of the molecule is N#Cc1ccc(-n2c3ccccc3c3cc(C4c5ccccc5-c5ccccc54)ccc32)c(-c2nc(C34CC5CC(CC(C5)C3)C4)nc(C34CC5CC(CC(C5)C3)C4)n2)c1. The molecule has 7 aromatic rings. The van der Waals surface area contributed by atoms with Crippen LogP contribution in [0.15, 0.2) is 109 Å². The summed E-state index contributed by atoms with van der Waals surface area (Å²) in [6, 6.07) is 42.6. The maximum absolute atomic E-state index is 10.5. The van der Waals surface area contributed by atoms with Crippen molar-refractivity contribution in [3.05, 3.63) is 143 Å². The molecule has 0 amide bonds. The summed E-state index contributed by atoms with van der Waals surface area (Å²) in [6.07, 6.45) is 15.7. The highest BCUT2D eigenvalue weighted by Gasteiger charge is 2.56. The lowest BCUT2D eigenvalue weighted by atomic mass is 9.49. The lowest BCUT2D eigenvalue weighted by molar-refractivity contribution is -0.0155. The molecule has 16 rings (SSSR count). The zero-order chi connectivity index (χ0) is 39.3. The Hall–Kier alpha value is -5.60. The van der Waals surface area contributed by atoms with Crippen molar-refractivity contribution in [1.82, 2.24) is 19.5 Å². The van der Waals surface area contributed by atoms with Crippen molar-refractivity contribution in [1.29, 1.82) is 5.26 Å². The molecule has 0 saturated heterocycles. The summed E-state index contributed by atoms with van der Waals surface area (Å²) in [4.78, 5) is 17.1. The van der Waals surface area contributed by atoms with Crippen LogP contribution in [0, 0.1) is 46.8 Å². The fraction of sp³-hybridized carbons (Fsp3) is 0.382. The van der Waals surface area contributed by atoms with Gasteiger partial charge >= 0.3 is 0 Å². The Morgan fingerprint density at radius 2 is 1.02 bits per heavy atom. The molecule has 2 aromatic heterocycles. The van der Waals surface area contributed by atoms with E-state index in [0.29, 0.717) is 5.56 Å². The molecule has 60 heavy (non-hydrogen) atoms. The summed E-state index contributed by atoms with van der Waals surface area (Å²) in [7, 11) is 0. The standard InChI is InChI=1S/C55H49N5/c56-31-32-13-15-49(60-47-12-6-5-9-42(47)45-24-39(14-16-48(45)60)50-43-10-3-1-7-40(43)41-8-2-4-11-44(41)50)46(23-32)51-57-52(54-25-33-17-34(26-54)19-35(18-33)27-54)59-53(58-51)55-28-36-20-37(29-55)22-38(21-36)30-55/h1-16,23-24,33-38,50H,17-22,25-30H2. The number of aromatic nitrogens is 4. The molecule has 8 fully saturated rings. The normalized spacial score (nSPS) is 30.6. The van der Waals surface area contributed by atoms with Crippen molar-refractivity contribution >= 4 is 21.8 Å². The van der Waals surface area contributed by atoms with E-state index in [9.17, 15) is 5.26 Å². The number of benzene rings is 5. The largest absolute Gasteiger partial charge is 0.309 e. The van der Waals surface area contributed by atoms with Gasteiger partial charge in [-0.25, -0.2) is 15.0 Å². The Morgan fingerprint density at radius 3 is 1.58 bits per heavy atom. The highest BCUT2D eigenvalue weighted by Crippen LogP contribution is 2.63. The van der Waals surface area contributed by atoms with Gasteiger partial charge in [-0.15, -0.1) is 0 Å². The van der Waals surface area contributed by atoms with Gasteiger partial charge < -0.3 is 4.57 Å². The van der Waals surface area contributed by atoms with Gasteiger partial charge in [-0.05, 0) is 177 Å². The van der Waals surface area contributed by atoms with Gasteiger partial charge in [0.15, 0.2) is 5.82 Å². The summed E-state index contributed by atoms with van der Waals surface area (Å²) >= 11 is 0. The van der Waals surface area contributed by atoms with Crippen LogP contribution in [-0.4, -0.2) is 19.5 Å². The predicted molar refractivity (Wildman–Crippen MR) is 237 cm³/mol. The zero-order valence-electron chi connectivity index (χ0n) is 34.2. The number of hydrogen-bond acceptors (Lipinski definition) is 4. The molecule has 0 aliphatic heterocycles. The van der Waals surface area contributed by atoms with Crippen LogP contribution in [0.4, 0.5) is 0 Å². The molecule has 8 saturated carbocycles. The summed E-state index contributed by atoms with van der Waals surface area (Å²) in [5, 5.41) is 12.9. The van der Waals surface area contributed by atoms with Gasteiger partial charge in [0.05, 0.1) is 28.4 Å². The molecule has 2 heterocycles. The highest BCUT2D eigenvalue weighted by atomic mass is 15.1. The quantitative estimate of drug-likeness (QED) is 0.174. The molecule has 0 atom stereocenters. The van der Waals surface area contributed by atoms with Gasteiger partial charge in [0.25, 0.3) is 0 Å². The summed E-state index contributed by atoms with van der Waals surface area (Å²) < 4.78 is 2.43. The lowest BCUT2D eigenvalue weighted by Crippen LogP contribution is -2.51. The number of nitrogens with zero attached hydrogens (tertiary/aromatic N) is 5. The van der Waals surface area contributed by atoms with Gasteiger partial charge in [-0.2, -0.15) is 5.26 Å². The van der Waals surface area contributed by atoms with Crippen molar-refractivity contribution in [3.63, 3.8) is 0 Å². The van der Waals surface area contributed by atoms with Gasteiger partial charge in [0.2, 0.25) is 0 Å². The van der Waals surface area contributed by atoms with E-state index in [0.717, 1.165) is 75.3 Å². The third-order valence-corrected chi connectivity index (χ3v) is 17.1. The number of fused-ring (bicyclic) bond motifs is 6. The van der Waals surface area contributed by atoms with Crippen molar-refractivity contribution in [2.45, 2.75) is 93.8 Å². The molecule has 0 unspecified atom stereocenters. The summed E-state index contributed by atoms with van der Waals surface area (Å²) in [6.45, 7) is 0. The molecule has 5 nitrogen and oxygen atoms in total. The van der Waals surface area contributed by atoms with Crippen molar-refractivity contribution in [2.75, 3.05) is 0 Å². The smallest absolute Gasteiger partial charge is 0.165 e. The lowest BCUT2D eigenvalue weighted by Gasteiger charge is -2.57. The fourth-order valence-electron chi connectivity index (χ4n) is 15.7. The summed E-state index contributed by atoms with van der Waals surface area (Å²) in [5.41, 5.74) is 11.7. The molecule has 0 N–H and O–H groups in total. The predicted octanol–water partition coefficient (Wildman–Crippen LogP) is 12.6. The number of para-hydroxylation sites is 1. The minimum Gasteiger partial charge on any atom is -0.309 e. The second-order valence-electron chi connectivity index (χ2n) is 20.8. The maximum Gasteiger partial charge on any atom is 0.165 e. The Bertz CT molecular complexity index is 2820. The van der Waals surface area contributed by atoms with Crippen LogP contribution < -0.4 is 0 Å². The topological polar surface area (TPSA) is 67.4 Å². The Kier molecular flexibility index (Phi) is 6.97. The minimum atomic E-state index is 0.0389. The Labute approximate surface area is 351 Å². The number of hydrogen-bond donors (Lipinski definition) is 0. The van der Waals surface area contributed by atoms with Crippen molar-refractivity contribution in [2.24, 2.45) is 35.5 Å². The Morgan fingerprint density at radius 1 is 0.500 bits per heavy atom. The molecule has 0 spiro atoms. The molecular formula is C55H49N5. The molecule has 8 bridgehead atoms. The molecule has 5 heteroatoms. The van der Waals surface area contributed by atoms with Crippen LogP contribution in [-0.2, 0) is 10.8 Å². The van der Waals surface area contributed by atoms with Crippen LogP contribution in [0.5, 0.6) is 0 Å². The Balaban J connectivity index is 0.979. The first kappa shape index (κ1) is 34.1. The number of nitriles is 1. The fourth-order valence-corrected chi connectivity index (χ4v) is 15.7. The first-order valence-electron chi connectivity index (χ1n) is 23.0. The number of rotatable bonds is 5. The first-order chi connectivity index (χ1) is 29.5. The van der Waals surface area contributed by atoms with Crippen LogP contribution in [0.1, 0.15) is 117 Å². The van der Waals surface area contributed by atoms with E-state index in [1.165, 1.54) is 116 Å². The zero-order valence-corrected chi connectivity index (χ0v) is 34.2. The first-order valence-corrected chi connectivity index (χ1v) is 23.0. The average molecular weight is 780 g/mol. The summed E-state index contributed by atoms with van der Waals surface area (Å²) in [5.74, 6) is 7.88. The van der Waals surface area contributed by atoms with Gasteiger partial charge in [-0.3, -0.25) is 0 Å². The van der Waals surface area contributed by atoms with E-state index in [1.54, 1.807) is 0 Å². The van der Waals surface area contributed by atoms with Crippen LogP contribution in [0.2, 0.25) is 0 Å². The maximum atomic E-state index is 10.5. The van der Waals surface area contributed by atoms with E-state index in [2.05, 4.69) is 114 Å². The monoisotopic (exact) mass is 779 g/mol. The third kappa shape index (κ3) is 4.82. The van der Waals surface area contributed by atoms with Crippen LogP contribution >= 0.6 is 0 Å².